The van der Waals surface area contributed by atoms with Crippen molar-refractivity contribution in [2.24, 2.45) is 11.1 Å². The maximum Gasteiger partial charge on any atom is 0.219 e. The molecule has 1 amide bonds. The average molecular weight is 241 g/mol. The van der Waals surface area contributed by atoms with Gasteiger partial charge in [-0.05, 0) is 11.8 Å². The molecular formula is C13H27N3O. The Hall–Kier alpha value is -0.610. The van der Waals surface area contributed by atoms with E-state index in [-0.39, 0.29) is 11.3 Å². The minimum Gasteiger partial charge on any atom is -0.342 e. The van der Waals surface area contributed by atoms with Crippen LogP contribution in [0.25, 0.3) is 0 Å². The first-order valence-corrected chi connectivity index (χ1v) is 6.56. The Morgan fingerprint density at radius 3 is 2.35 bits per heavy atom. The number of hydrogen-bond acceptors (Lipinski definition) is 3. The topological polar surface area (TPSA) is 49.6 Å². The lowest BCUT2D eigenvalue weighted by Crippen LogP contribution is -2.50. The zero-order valence-electron chi connectivity index (χ0n) is 11.7. The maximum absolute atomic E-state index is 11.4. The van der Waals surface area contributed by atoms with Gasteiger partial charge in [0.15, 0.2) is 0 Å². The number of carbonyl (C=O) groups is 1. The van der Waals surface area contributed by atoms with Crippen molar-refractivity contribution in [1.29, 1.82) is 0 Å². The van der Waals surface area contributed by atoms with Crippen LogP contribution in [0.15, 0.2) is 0 Å². The summed E-state index contributed by atoms with van der Waals surface area (Å²) in [5.74, 6) is 0.187. The van der Waals surface area contributed by atoms with E-state index in [1.807, 2.05) is 4.90 Å². The molecule has 4 heteroatoms. The quantitative estimate of drug-likeness (QED) is 0.782. The van der Waals surface area contributed by atoms with Crippen molar-refractivity contribution in [3.63, 3.8) is 0 Å². The van der Waals surface area contributed by atoms with E-state index in [4.69, 9.17) is 5.73 Å². The van der Waals surface area contributed by atoms with Crippen molar-refractivity contribution in [1.82, 2.24) is 9.80 Å². The molecule has 1 aliphatic rings. The third kappa shape index (κ3) is 3.96. The van der Waals surface area contributed by atoms with E-state index in [9.17, 15) is 4.79 Å². The molecule has 100 valence electrons. The van der Waals surface area contributed by atoms with Crippen molar-refractivity contribution >= 4 is 5.91 Å². The SMILES string of the molecule is CC(=O)N1CCCN(C(CN)C(C)(C)C)CC1. The maximum atomic E-state index is 11.4. The average Bonchev–Trinajstić information content (AvgIpc) is 2.42. The number of hydrogen-bond donors (Lipinski definition) is 1. The lowest BCUT2D eigenvalue weighted by molar-refractivity contribution is -0.128. The van der Waals surface area contributed by atoms with Gasteiger partial charge in [-0.2, -0.15) is 0 Å². The summed E-state index contributed by atoms with van der Waals surface area (Å²) in [6.45, 7) is 12.7. The van der Waals surface area contributed by atoms with Gasteiger partial charge >= 0.3 is 0 Å². The number of nitrogens with two attached hydrogens (primary N) is 1. The second-order valence-electron chi connectivity index (χ2n) is 6.01. The summed E-state index contributed by atoms with van der Waals surface area (Å²) in [4.78, 5) is 15.8. The number of nitrogens with zero attached hydrogens (tertiary/aromatic N) is 2. The molecule has 0 aromatic heterocycles. The van der Waals surface area contributed by atoms with Gasteiger partial charge in [-0.1, -0.05) is 20.8 Å². The highest BCUT2D eigenvalue weighted by Gasteiger charge is 2.30. The van der Waals surface area contributed by atoms with Crippen LogP contribution < -0.4 is 5.73 Å². The third-order valence-electron chi connectivity index (χ3n) is 3.64. The van der Waals surface area contributed by atoms with Gasteiger partial charge in [0.25, 0.3) is 0 Å². The molecule has 0 aliphatic carbocycles. The summed E-state index contributed by atoms with van der Waals surface area (Å²) < 4.78 is 0. The molecule has 0 radical (unpaired) electrons. The van der Waals surface area contributed by atoms with E-state index < -0.39 is 0 Å². The van der Waals surface area contributed by atoms with Crippen molar-refractivity contribution in [3.05, 3.63) is 0 Å². The van der Waals surface area contributed by atoms with Gasteiger partial charge in [0.05, 0.1) is 0 Å². The Bertz CT molecular complexity index is 260. The molecule has 0 aromatic rings. The largest absolute Gasteiger partial charge is 0.342 e. The van der Waals surface area contributed by atoms with Crippen molar-refractivity contribution < 1.29 is 4.79 Å². The van der Waals surface area contributed by atoms with E-state index in [1.165, 1.54) is 0 Å². The lowest BCUT2D eigenvalue weighted by atomic mass is 9.85. The second-order valence-corrected chi connectivity index (χ2v) is 6.01. The van der Waals surface area contributed by atoms with Gasteiger partial charge in [-0.25, -0.2) is 0 Å². The monoisotopic (exact) mass is 241 g/mol. The molecule has 0 aromatic carbocycles. The molecule has 0 saturated carbocycles. The Morgan fingerprint density at radius 1 is 1.24 bits per heavy atom. The molecule has 0 bridgehead atoms. The molecule has 1 fully saturated rings. The fourth-order valence-corrected chi connectivity index (χ4v) is 2.61. The van der Waals surface area contributed by atoms with Crippen LogP contribution >= 0.6 is 0 Å². The van der Waals surface area contributed by atoms with Crippen LogP contribution in [-0.2, 0) is 4.79 Å². The smallest absolute Gasteiger partial charge is 0.219 e. The van der Waals surface area contributed by atoms with Crippen molar-refractivity contribution in [2.45, 2.75) is 40.2 Å². The zero-order chi connectivity index (χ0) is 13.1. The predicted octanol–water partition coefficient (Wildman–Crippen LogP) is 0.914. The number of amides is 1. The summed E-state index contributed by atoms with van der Waals surface area (Å²) in [5, 5.41) is 0. The molecule has 1 rings (SSSR count). The lowest BCUT2D eigenvalue weighted by Gasteiger charge is -2.39. The predicted molar refractivity (Wildman–Crippen MR) is 70.7 cm³/mol. The zero-order valence-corrected chi connectivity index (χ0v) is 11.7. The van der Waals surface area contributed by atoms with E-state index >= 15 is 0 Å². The van der Waals surface area contributed by atoms with Crippen LogP contribution in [0.4, 0.5) is 0 Å². The fourth-order valence-electron chi connectivity index (χ4n) is 2.61. The summed E-state index contributed by atoms with van der Waals surface area (Å²) in [5.41, 5.74) is 6.11. The van der Waals surface area contributed by atoms with Crippen molar-refractivity contribution in [3.8, 4) is 0 Å². The standard InChI is InChI=1S/C13H27N3O/c1-11(17)15-6-5-7-16(9-8-15)12(10-14)13(2,3)4/h12H,5-10,14H2,1-4H3. The molecule has 1 atom stereocenters. The number of carbonyl (C=O) groups excluding carboxylic acids is 1. The molecule has 1 heterocycles. The highest BCUT2D eigenvalue weighted by molar-refractivity contribution is 5.73. The molecule has 2 N–H and O–H groups in total. The van der Waals surface area contributed by atoms with Gasteiger partial charge < -0.3 is 10.6 Å². The van der Waals surface area contributed by atoms with Crippen LogP contribution in [0.3, 0.4) is 0 Å². The van der Waals surface area contributed by atoms with E-state index in [0.29, 0.717) is 12.6 Å². The molecule has 1 aliphatic heterocycles. The highest BCUT2D eigenvalue weighted by atomic mass is 16.2. The van der Waals surface area contributed by atoms with Crippen LogP contribution in [0, 0.1) is 5.41 Å². The molecule has 1 saturated heterocycles. The molecule has 0 spiro atoms. The first kappa shape index (κ1) is 14.5. The highest BCUT2D eigenvalue weighted by Crippen LogP contribution is 2.24. The molecule has 4 nitrogen and oxygen atoms in total. The van der Waals surface area contributed by atoms with Crippen LogP contribution in [-0.4, -0.2) is 54.5 Å². The van der Waals surface area contributed by atoms with E-state index in [0.717, 1.165) is 32.6 Å². The van der Waals surface area contributed by atoms with Gasteiger partial charge in [-0.3, -0.25) is 9.69 Å². The summed E-state index contributed by atoms with van der Waals surface area (Å²) in [6, 6.07) is 0.398. The minimum absolute atomic E-state index is 0.187. The Morgan fingerprint density at radius 2 is 1.88 bits per heavy atom. The minimum atomic E-state index is 0.187. The summed E-state index contributed by atoms with van der Waals surface area (Å²) in [7, 11) is 0. The van der Waals surface area contributed by atoms with Gasteiger partial charge in [-0.15, -0.1) is 0 Å². The van der Waals surface area contributed by atoms with Gasteiger partial charge in [0.1, 0.15) is 0 Å². The van der Waals surface area contributed by atoms with Crippen molar-refractivity contribution in [2.75, 3.05) is 32.7 Å². The summed E-state index contributed by atoms with van der Waals surface area (Å²) in [6.07, 6.45) is 1.05. The normalized spacial score (nSPS) is 21.1. The Kier molecular flexibility index (Phi) is 4.95. The van der Waals surface area contributed by atoms with E-state index in [2.05, 4.69) is 25.7 Å². The van der Waals surface area contributed by atoms with Gasteiger partial charge in [0.2, 0.25) is 5.91 Å². The third-order valence-corrected chi connectivity index (χ3v) is 3.64. The molecule has 1 unspecified atom stereocenters. The fraction of sp³-hybridized carbons (Fsp3) is 0.923. The Balaban J connectivity index is 2.64. The molecule has 17 heavy (non-hydrogen) atoms. The molecular weight excluding hydrogens is 214 g/mol. The second kappa shape index (κ2) is 5.83. The van der Waals surface area contributed by atoms with Crippen LogP contribution in [0.5, 0.6) is 0 Å². The van der Waals surface area contributed by atoms with Crippen LogP contribution in [0.1, 0.15) is 34.1 Å². The van der Waals surface area contributed by atoms with Crippen LogP contribution in [0.2, 0.25) is 0 Å². The number of rotatable bonds is 2. The first-order chi connectivity index (χ1) is 7.86. The van der Waals surface area contributed by atoms with Gasteiger partial charge in [0, 0.05) is 45.7 Å². The Labute approximate surface area is 105 Å². The first-order valence-electron chi connectivity index (χ1n) is 6.56. The van der Waals surface area contributed by atoms with E-state index in [1.54, 1.807) is 6.92 Å². The summed E-state index contributed by atoms with van der Waals surface area (Å²) >= 11 is 0.